The second kappa shape index (κ2) is 3.75. The Kier molecular flexibility index (Phi) is 3.63. The van der Waals surface area contributed by atoms with Crippen LogP contribution in [0.15, 0.2) is 0 Å². The molecule has 0 aliphatic rings. The molecule has 1 atom stereocenters. The highest BCUT2D eigenvalue weighted by atomic mass is 31.2. The number of nitrogens with two attached hydrogens (primary N) is 1. The molecule has 0 aromatic carbocycles. The summed E-state index contributed by atoms with van der Waals surface area (Å²) in [6.07, 6.45) is 0. The van der Waals surface area contributed by atoms with Crippen LogP contribution in [0.2, 0.25) is 0 Å². The summed E-state index contributed by atoms with van der Waals surface area (Å²) >= 11 is 0. The molecule has 6 nitrogen and oxygen atoms in total. The molecule has 0 bridgehead atoms. The Labute approximate surface area is 76.7 Å². The Morgan fingerprint density at radius 3 is 2.15 bits per heavy atom. The average Bonchev–Trinajstić information content (AvgIpc) is 1.83. The van der Waals surface area contributed by atoms with Crippen molar-refractivity contribution in [1.82, 2.24) is 5.32 Å². The van der Waals surface area contributed by atoms with Gasteiger partial charge in [0, 0.05) is 0 Å². The summed E-state index contributed by atoms with van der Waals surface area (Å²) in [5, 5.41) is 0.597. The summed E-state index contributed by atoms with van der Waals surface area (Å²) < 4.78 is 10.8. The standard InChI is InChI=1S/C6H15N2O4P/c1-4(7)5(9)8-6(2,3)13(10,11)12/h4H,7H2,1-3H3,(H,8,9)(H2,10,11,12)/t4-/m0/s1. The van der Waals surface area contributed by atoms with Gasteiger partial charge in [-0.1, -0.05) is 0 Å². The highest BCUT2D eigenvalue weighted by molar-refractivity contribution is 7.53. The Bertz CT molecular complexity index is 245. The van der Waals surface area contributed by atoms with Crippen molar-refractivity contribution in [3.8, 4) is 0 Å². The third kappa shape index (κ3) is 3.44. The van der Waals surface area contributed by atoms with Crippen LogP contribution in [0.25, 0.3) is 0 Å². The van der Waals surface area contributed by atoms with Gasteiger partial charge in [-0.3, -0.25) is 9.36 Å². The van der Waals surface area contributed by atoms with Gasteiger partial charge in [-0.15, -0.1) is 0 Å². The summed E-state index contributed by atoms with van der Waals surface area (Å²) in [7, 11) is -4.35. The number of hydrogen-bond donors (Lipinski definition) is 4. The van der Waals surface area contributed by atoms with Crippen LogP contribution < -0.4 is 11.1 Å². The summed E-state index contributed by atoms with van der Waals surface area (Å²) in [5.74, 6) is -0.590. The van der Waals surface area contributed by atoms with Crippen molar-refractivity contribution in [3.63, 3.8) is 0 Å². The predicted molar refractivity (Wildman–Crippen MR) is 47.9 cm³/mol. The van der Waals surface area contributed by atoms with Gasteiger partial charge in [-0.2, -0.15) is 0 Å². The number of nitrogens with one attached hydrogen (secondary N) is 1. The van der Waals surface area contributed by atoms with Crippen molar-refractivity contribution < 1.29 is 19.1 Å². The van der Waals surface area contributed by atoms with Crippen LogP contribution in [-0.4, -0.2) is 27.0 Å². The van der Waals surface area contributed by atoms with Crippen molar-refractivity contribution in [2.45, 2.75) is 32.1 Å². The third-order valence-corrected chi connectivity index (χ3v) is 3.14. The minimum absolute atomic E-state index is 0.590. The Morgan fingerprint density at radius 2 is 1.92 bits per heavy atom. The lowest BCUT2D eigenvalue weighted by Gasteiger charge is -2.27. The van der Waals surface area contributed by atoms with Crippen LogP contribution in [0.5, 0.6) is 0 Å². The minimum atomic E-state index is -4.35. The van der Waals surface area contributed by atoms with Gasteiger partial charge in [0.15, 0.2) is 0 Å². The minimum Gasteiger partial charge on any atom is -0.339 e. The highest BCUT2D eigenvalue weighted by Gasteiger charge is 2.39. The number of amides is 1. The van der Waals surface area contributed by atoms with Gasteiger partial charge in [0.1, 0.15) is 5.28 Å². The second-order valence-corrected chi connectivity index (χ2v) is 5.59. The first kappa shape index (κ1) is 12.6. The van der Waals surface area contributed by atoms with E-state index in [1.165, 1.54) is 20.8 Å². The van der Waals surface area contributed by atoms with E-state index in [4.69, 9.17) is 15.5 Å². The first-order valence-corrected chi connectivity index (χ1v) is 5.32. The van der Waals surface area contributed by atoms with E-state index in [0.29, 0.717) is 0 Å². The zero-order valence-corrected chi connectivity index (χ0v) is 8.71. The van der Waals surface area contributed by atoms with Gasteiger partial charge in [-0.25, -0.2) is 0 Å². The van der Waals surface area contributed by atoms with Crippen molar-refractivity contribution in [2.24, 2.45) is 5.73 Å². The predicted octanol–water partition coefficient (Wildman–Crippen LogP) is -0.636. The fourth-order valence-corrected chi connectivity index (χ4v) is 0.744. The molecule has 0 saturated carbocycles. The van der Waals surface area contributed by atoms with E-state index in [1.807, 2.05) is 0 Å². The molecule has 0 fully saturated rings. The Morgan fingerprint density at radius 1 is 1.54 bits per heavy atom. The SMILES string of the molecule is C[C@H](N)C(=O)NC(C)(C)P(=O)(O)O. The van der Waals surface area contributed by atoms with E-state index in [0.717, 1.165) is 0 Å². The number of hydrogen-bond acceptors (Lipinski definition) is 3. The molecule has 0 aliphatic heterocycles. The Balaban J connectivity index is 4.53. The molecular weight excluding hydrogens is 195 g/mol. The van der Waals surface area contributed by atoms with Gasteiger partial charge in [0.25, 0.3) is 0 Å². The van der Waals surface area contributed by atoms with Crippen molar-refractivity contribution in [1.29, 1.82) is 0 Å². The number of rotatable bonds is 3. The second-order valence-electron chi connectivity index (χ2n) is 3.38. The van der Waals surface area contributed by atoms with Crippen LogP contribution in [0.3, 0.4) is 0 Å². The molecule has 0 aromatic rings. The van der Waals surface area contributed by atoms with E-state index in [1.54, 1.807) is 0 Å². The largest absolute Gasteiger partial charge is 0.350 e. The quantitative estimate of drug-likeness (QED) is 0.463. The third-order valence-electron chi connectivity index (χ3n) is 1.57. The molecule has 0 rings (SSSR count). The summed E-state index contributed by atoms with van der Waals surface area (Å²) in [4.78, 5) is 28.7. The van der Waals surface area contributed by atoms with Crippen molar-refractivity contribution in [3.05, 3.63) is 0 Å². The van der Waals surface area contributed by atoms with E-state index >= 15 is 0 Å². The molecule has 0 aromatic heterocycles. The van der Waals surface area contributed by atoms with E-state index in [-0.39, 0.29) is 0 Å². The fraction of sp³-hybridized carbons (Fsp3) is 0.833. The van der Waals surface area contributed by atoms with Gasteiger partial charge in [0.2, 0.25) is 5.91 Å². The molecule has 5 N–H and O–H groups in total. The van der Waals surface area contributed by atoms with Crippen LogP contribution in [0, 0.1) is 0 Å². The van der Waals surface area contributed by atoms with E-state index in [9.17, 15) is 9.36 Å². The average molecular weight is 210 g/mol. The molecule has 0 saturated heterocycles. The topological polar surface area (TPSA) is 113 Å². The molecule has 0 radical (unpaired) electrons. The summed E-state index contributed by atoms with van der Waals surface area (Å²) in [6.45, 7) is 3.92. The lowest BCUT2D eigenvalue weighted by molar-refractivity contribution is -0.123. The normalized spacial score (nSPS) is 15.2. The molecule has 13 heavy (non-hydrogen) atoms. The molecule has 0 spiro atoms. The molecule has 7 heteroatoms. The maximum Gasteiger partial charge on any atom is 0.350 e. The fourth-order valence-electron chi connectivity index (χ4n) is 0.488. The molecule has 0 aliphatic carbocycles. The van der Waals surface area contributed by atoms with Crippen molar-refractivity contribution >= 4 is 13.5 Å². The smallest absolute Gasteiger partial charge is 0.339 e. The maximum atomic E-state index is 11.0. The van der Waals surface area contributed by atoms with Crippen LogP contribution >= 0.6 is 7.60 Å². The van der Waals surface area contributed by atoms with Gasteiger partial charge in [0.05, 0.1) is 6.04 Å². The first-order valence-electron chi connectivity index (χ1n) is 3.71. The monoisotopic (exact) mass is 210 g/mol. The lowest BCUT2D eigenvalue weighted by Crippen LogP contribution is -2.49. The Hall–Kier alpha value is -0.420. The zero-order valence-electron chi connectivity index (χ0n) is 7.81. The van der Waals surface area contributed by atoms with E-state index in [2.05, 4.69) is 5.32 Å². The van der Waals surface area contributed by atoms with Crippen LogP contribution in [0.4, 0.5) is 0 Å². The number of carbonyl (C=O) groups excluding carboxylic acids is 1. The van der Waals surface area contributed by atoms with Gasteiger partial charge in [-0.05, 0) is 20.8 Å². The number of carbonyl (C=O) groups is 1. The molecule has 0 heterocycles. The summed E-state index contributed by atoms with van der Waals surface area (Å²) in [5.41, 5.74) is 5.22. The molecular formula is C6H15N2O4P. The maximum absolute atomic E-state index is 11.0. The molecule has 1 amide bonds. The highest BCUT2D eigenvalue weighted by Crippen LogP contribution is 2.47. The zero-order chi connectivity index (χ0) is 10.9. The lowest BCUT2D eigenvalue weighted by atomic mass is 10.3. The van der Waals surface area contributed by atoms with Gasteiger partial charge < -0.3 is 20.8 Å². The van der Waals surface area contributed by atoms with Gasteiger partial charge >= 0.3 is 7.60 Å². The van der Waals surface area contributed by atoms with Crippen molar-refractivity contribution in [2.75, 3.05) is 0 Å². The van der Waals surface area contributed by atoms with Crippen LogP contribution in [0.1, 0.15) is 20.8 Å². The van der Waals surface area contributed by atoms with Crippen LogP contribution in [-0.2, 0) is 9.36 Å². The molecule has 0 unspecified atom stereocenters. The van der Waals surface area contributed by atoms with E-state index < -0.39 is 24.8 Å². The first-order chi connectivity index (χ1) is 5.58. The summed E-state index contributed by atoms with van der Waals surface area (Å²) in [6, 6.07) is -0.786. The molecule has 78 valence electrons.